The number of nitrogens with zero attached hydrogens (tertiary/aromatic N) is 1. The maximum absolute atomic E-state index is 12.1. The lowest BCUT2D eigenvalue weighted by molar-refractivity contribution is -0.151. The van der Waals surface area contributed by atoms with E-state index in [0.29, 0.717) is 6.54 Å². The molecule has 2 rings (SSSR count). The molecule has 2 saturated heterocycles. The Morgan fingerprint density at radius 1 is 1.50 bits per heavy atom. The van der Waals surface area contributed by atoms with Crippen LogP contribution in [0.15, 0.2) is 0 Å². The summed E-state index contributed by atoms with van der Waals surface area (Å²) in [7, 11) is 0. The second kappa shape index (κ2) is 5.55. The van der Waals surface area contributed by atoms with E-state index in [1.807, 2.05) is 0 Å². The molecule has 5 nitrogen and oxygen atoms in total. The second-order valence-corrected chi connectivity index (χ2v) is 5.97. The Kier molecular flexibility index (Phi) is 4.25. The second-order valence-electron chi connectivity index (χ2n) is 5.97. The molecule has 0 spiro atoms. The Hall–Kier alpha value is -0.650. The third-order valence-electron chi connectivity index (χ3n) is 3.72. The third kappa shape index (κ3) is 3.22. The number of amides is 1. The van der Waals surface area contributed by atoms with E-state index in [2.05, 4.69) is 24.1 Å². The highest BCUT2D eigenvalue weighted by molar-refractivity contribution is 5.81. The van der Waals surface area contributed by atoms with Gasteiger partial charge in [-0.3, -0.25) is 9.69 Å². The van der Waals surface area contributed by atoms with Crippen LogP contribution in [0.25, 0.3) is 0 Å². The Balaban J connectivity index is 2.07. The molecule has 0 saturated carbocycles. The monoisotopic (exact) mass is 255 g/mol. The maximum atomic E-state index is 12.1. The number of rotatable bonds is 2. The third-order valence-corrected chi connectivity index (χ3v) is 3.72. The predicted molar refractivity (Wildman–Crippen MR) is 70.2 cm³/mol. The molecule has 2 fully saturated rings. The van der Waals surface area contributed by atoms with Crippen molar-refractivity contribution in [2.45, 2.75) is 50.9 Å². The smallest absolute Gasteiger partial charge is 0.237 e. The summed E-state index contributed by atoms with van der Waals surface area (Å²) in [5.74, 6) is 0.168. The van der Waals surface area contributed by atoms with Gasteiger partial charge in [-0.05, 0) is 33.1 Å². The van der Waals surface area contributed by atoms with Crippen LogP contribution in [-0.2, 0) is 9.53 Å². The molecule has 0 aromatic rings. The zero-order valence-electron chi connectivity index (χ0n) is 11.4. The van der Waals surface area contributed by atoms with Gasteiger partial charge >= 0.3 is 0 Å². The lowest BCUT2D eigenvalue weighted by Crippen LogP contribution is -2.60. The SMILES string of the molecule is CC1(C)CN(C2CCCCNC2=O)CC(CN)O1. The van der Waals surface area contributed by atoms with Crippen LogP contribution in [0, 0.1) is 0 Å². The predicted octanol–water partition coefficient (Wildman–Crippen LogP) is 0.0932. The standard InChI is InChI=1S/C13H25N3O2/c1-13(2)9-16(8-10(7-14)18-13)11-5-3-4-6-15-12(11)17/h10-11H,3-9,14H2,1-2H3,(H,15,17). The molecule has 3 N–H and O–H groups in total. The molecule has 0 aromatic carbocycles. The van der Waals surface area contributed by atoms with E-state index < -0.39 is 0 Å². The van der Waals surface area contributed by atoms with Crippen LogP contribution >= 0.6 is 0 Å². The number of hydrogen-bond donors (Lipinski definition) is 2. The molecule has 0 radical (unpaired) electrons. The van der Waals surface area contributed by atoms with Crippen molar-refractivity contribution in [3.63, 3.8) is 0 Å². The minimum absolute atomic E-state index is 0.00951. The molecule has 18 heavy (non-hydrogen) atoms. The molecule has 2 aliphatic heterocycles. The number of morpholine rings is 1. The van der Waals surface area contributed by atoms with Gasteiger partial charge in [-0.25, -0.2) is 0 Å². The fourth-order valence-electron chi connectivity index (χ4n) is 2.97. The summed E-state index contributed by atoms with van der Waals surface area (Å²) in [6, 6.07) is -0.00951. The van der Waals surface area contributed by atoms with Gasteiger partial charge in [0.1, 0.15) is 0 Å². The average Bonchev–Trinajstić information content (AvgIpc) is 2.51. The van der Waals surface area contributed by atoms with E-state index in [-0.39, 0.29) is 23.7 Å². The van der Waals surface area contributed by atoms with Crippen LogP contribution in [0.2, 0.25) is 0 Å². The van der Waals surface area contributed by atoms with Gasteiger partial charge in [0.15, 0.2) is 0 Å². The Bertz CT molecular complexity index is 307. The molecule has 0 aliphatic carbocycles. The summed E-state index contributed by atoms with van der Waals surface area (Å²) in [5.41, 5.74) is 5.50. The zero-order valence-corrected chi connectivity index (χ0v) is 11.4. The van der Waals surface area contributed by atoms with Crippen molar-refractivity contribution in [3.8, 4) is 0 Å². The number of nitrogens with one attached hydrogen (secondary N) is 1. The Labute approximate surface area is 109 Å². The molecule has 5 heteroatoms. The molecule has 0 aromatic heterocycles. The first kappa shape index (κ1) is 13.8. The summed E-state index contributed by atoms with van der Waals surface area (Å²) in [6.45, 7) is 7.00. The molecule has 2 aliphatic rings. The molecular weight excluding hydrogens is 230 g/mol. The average molecular weight is 255 g/mol. The summed E-state index contributed by atoms with van der Waals surface area (Å²) in [6.07, 6.45) is 3.16. The van der Waals surface area contributed by atoms with Crippen molar-refractivity contribution >= 4 is 5.91 Å². The van der Waals surface area contributed by atoms with Gasteiger partial charge in [0, 0.05) is 26.2 Å². The van der Waals surface area contributed by atoms with E-state index in [1.54, 1.807) is 0 Å². The van der Waals surface area contributed by atoms with Crippen LogP contribution < -0.4 is 11.1 Å². The molecular formula is C13H25N3O2. The largest absolute Gasteiger partial charge is 0.368 e. The van der Waals surface area contributed by atoms with E-state index in [4.69, 9.17) is 10.5 Å². The minimum atomic E-state index is -0.227. The fraction of sp³-hybridized carbons (Fsp3) is 0.923. The van der Waals surface area contributed by atoms with Crippen LogP contribution in [0.5, 0.6) is 0 Å². The van der Waals surface area contributed by atoms with E-state index in [0.717, 1.165) is 38.9 Å². The van der Waals surface area contributed by atoms with Gasteiger partial charge in [0.05, 0.1) is 17.7 Å². The summed E-state index contributed by atoms with van der Waals surface area (Å²) < 4.78 is 5.91. The van der Waals surface area contributed by atoms with E-state index >= 15 is 0 Å². The lowest BCUT2D eigenvalue weighted by Gasteiger charge is -2.45. The Morgan fingerprint density at radius 3 is 3.00 bits per heavy atom. The topological polar surface area (TPSA) is 67.6 Å². The number of nitrogens with two attached hydrogens (primary N) is 1. The van der Waals surface area contributed by atoms with Gasteiger partial charge in [-0.15, -0.1) is 0 Å². The summed E-state index contributed by atoms with van der Waals surface area (Å²) in [4.78, 5) is 14.3. The first-order valence-corrected chi connectivity index (χ1v) is 6.91. The highest BCUT2D eigenvalue weighted by atomic mass is 16.5. The zero-order chi connectivity index (χ0) is 13.2. The normalized spacial score (nSPS) is 33.8. The van der Waals surface area contributed by atoms with Crippen molar-refractivity contribution in [1.82, 2.24) is 10.2 Å². The van der Waals surface area contributed by atoms with Gasteiger partial charge in [-0.2, -0.15) is 0 Å². The molecule has 2 atom stereocenters. The van der Waals surface area contributed by atoms with Crippen molar-refractivity contribution in [1.29, 1.82) is 0 Å². The minimum Gasteiger partial charge on any atom is -0.368 e. The highest BCUT2D eigenvalue weighted by Crippen LogP contribution is 2.24. The van der Waals surface area contributed by atoms with E-state index in [9.17, 15) is 4.79 Å². The van der Waals surface area contributed by atoms with Gasteiger partial charge in [-0.1, -0.05) is 0 Å². The van der Waals surface area contributed by atoms with Gasteiger partial charge in [0.2, 0.25) is 5.91 Å². The van der Waals surface area contributed by atoms with Gasteiger partial charge in [0.25, 0.3) is 0 Å². The lowest BCUT2D eigenvalue weighted by atomic mass is 10.0. The number of carbonyl (C=O) groups is 1. The molecule has 104 valence electrons. The van der Waals surface area contributed by atoms with E-state index in [1.165, 1.54) is 0 Å². The molecule has 2 heterocycles. The number of carbonyl (C=O) groups excluding carboxylic acids is 1. The maximum Gasteiger partial charge on any atom is 0.237 e. The van der Waals surface area contributed by atoms with Crippen molar-refractivity contribution in [3.05, 3.63) is 0 Å². The first-order chi connectivity index (χ1) is 8.52. The van der Waals surface area contributed by atoms with Crippen molar-refractivity contribution < 1.29 is 9.53 Å². The summed E-state index contributed by atoms with van der Waals surface area (Å²) >= 11 is 0. The Morgan fingerprint density at radius 2 is 2.28 bits per heavy atom. The van der Waals surface area contributed by atoms with Crippen molar-refractivity contribution in [2.24, 2.45) is 5.73 Å². The number of hydrogen-bond acceptors (Lipinski definition) is 4. The summed E-state index contributed by atoms with van der Waals surface area (Å²) in [5, 5.41) is 3.00. The number of ether oxygens (including phenoxy) is 1. The van der Waals surface area contributed by atoms with Crippen LogP contribution in [0.4, 0.5) is 0 Å². The molecule has 2 unspecified atom stereocenters. The van der Waals surface area contributed by atoms with Crippen LogP contribution in [0.1, 0.15) is 33.1 Å². The van der Waals surface area contributed by atoms with Crippen LogP contribution in [-0.4, -0.2) is 54.7 Å². The first-order valence-electron chi connectivity index (χ1n) is 6.91. The molecule has 0 bridgehead atoms. The highest BCUT2D eigenvalue weighted by Gasteiger charge is 2.38. The van der Waals surface area contributed by atoms with Crippen LogP contribution in [0.3, 0.4) is 0 Å². The quantitative estimate of drug-likeness (QED) is 0.734. The van der Waals surface area contributed by atoms with Crippen molar-refractivity contribution in [2.75, 3.05) is 26.2 Å². The molecule has 1 amide bonds. The fourth-order valence-corrected chi connectivity index (χ4v) is 2.97. The van der Waals surface area contributed by atoms with Gasteiger partial charge < -0.3 is 15.8 Å².